The van der Waals surface area contributed by atoms with Gasteiger partial charge in [0.15, 0.2) is 0 Å². The van der Waals surface area contributed by atoms with Crippen molar-refractivity contribution in [3.8, 4) is 0 Å². The molecule has 6 heteroatoms. The normalized spacial score (nSPS) is 14.4. The lowest BCUT2D eigenvalue weighted by Gasteiger charge is -2.36. The fourth-order valence-electron chi connectivity index (χ4n) is 3.13. The summed E-state index contributed by atoms with van der Waals surface area (Å²) in [7, 11) is 0. The molecule has 0 saturated carbocycles. The average molecular weight is 386 g/mol. The van der Waals surface area contributed by atoms with Gasteiger partial charge in [-0.25, -0.2) is 0 Å². The van der Waals surface area contributed by atoms with Crippen LogP contribution in [0.3, 0.4) is 0 Å². The summed E-state index contributed by atoms with van der Waals surface area (Å²) in [6.07, 6.45) is 0. The molecular formula is C21H24ClN3O2. The Kier molecular flexibility index (Phi) is 6.01. The lowest BCUT2D eigenvalue weighted by Crippen LogP contribution is -2.48. The second-order valence-electron chi connectivity index (χ2n) is 6.96. The number of nitrogens with zero attached hydrogens (tertiary/aromatic N) is 2. The molecule has 0 aromatic heterocycles. The number of nitrogens with one attached hydrogen (secondary N) is 1. The highest BCUT2D eigenvalue weighted by Crippen LogP contribution is 2.21. The van der Waals surface area contributed by atoms with Gasteiger partial charge in [0, 0.05) is 54.1 Å². The minimum absolute atomic E-state index is 0.00318. The summed E-state index contributed by atoms with van der Waals surface area (Å²) < 4.78 is 0. The Morgan fingerprint density at radius 1 is 0.963 bits per heavy atom. The van der Waals surface area contributed by atoms with Crippen molar-refractivity contribution in [1.29, 1.82) is 0 Å². The molecule has 2 aromatic rings. The van der Waals surface area contributed by atoms with Crippen LogP contribution < -0.4 is 10.2 Å². The summed E-state index contributed by atoms with van der Waals surface area (Å²) in [5.74, 6) is -0.129. The Balaban J connectivity index is 1.60. The van der Waals surface area contributed by atoms with Gasteiger partial charge in [-0.05, 0) is 56.3 Å². The summed E-state index contributed by atoms with van der Waals surface area (Å²) in [6.45, 7) is 6.67. The van der Waals surface area contributed by atoms with Crippen molar-refractivity contribution in [2.45, 2.75) is 19.9 Å². The molecule has 0 bridgehead atoms. The van der Waals surface area contributed by atoms with Gasteiger partial charge < -0.3 is 15.1 Å². The lowest BCUT2D eigenvalue weighted by atomic mass is 10.1. The van der Waals surface area contributed by atoms with E-state index in [4.69, 9.17) is 11.6 Å². The summed E-state index contributed by atoms with van der Waals surface area (Å²) >= 11 is 6.07. The minimum Gasteiger partial charge on any atom is -0.368 e. The van der Waals surface area contributed by atoms with Gasteiger partial charge in [-0.2, -0.15) is 0 Å². The predicted molar refractivity (Wildman–Crippen MR) is 109 cm³/mol. The molecule has 1 aliphatic heterocycles. The highest BCUT2D eigenvalue weighted by molar-refractivity contribution is 6.30. The van der Waals surface area contributed by atoms with E-state index in [1.807, 2.05) is 43.0 Å². The fraction of sp³-hybridized carbons (Fsp3) is 0.333. The van der Waals surface area contributed by atoms with Gasteiger partial charge in [-0.15, -0.1) is 0 Å². The molecule has 1 saturated heterocycles. The van der Waals surface area contributed by atoms with Crippen LogP contribution in [-0.4, -0.2) is 48.9 Å². The van der Waals surface area contributed by atoms with E-state index in [1.54, 1.807) is 24.3 Å². The number of halogens is 1. The first kappa shape index (κ1) is 19.2. The number of hydrogen-bond acceptors (Lipinski definition) is 3. The van der Waals surface area contributed by atoms with Crippen LogP contribution in [0.4, 0.5) is 5.69 Å². The molecule has 142 valence electrons. The van der Waals surface area contributed by atoms with E-state index >= 15 is 0 Å². The van der Waals surface area contributed by atoms with Crippen molar-refractivity contribution in [1.82, 2.24) is 10.2 Å². The van der Waals surface area contributed by atoms with E-state index in [9.17, 15) is 9.59 Å². The highest BCUT2D eigenvalue weighted by Gasteiger charge is 2.22. The van der Waals surface area contributed by atoms with Gasteiger partial charge in [-0.3, -0.25) is 9.59 Å². The van der Waals surface area contributed by atoms with Crippen LogP contribution >= 0.6 is 11.6 Å². The van der Waals surface area contributed by atoms with Crippen molar-refractivity contribution in [3.63, 3.8) is 0 Å². The third-order valence-corrected chi connectivity index (χ3v) is 4.79. The zero-order valence-corrected chi connectivity index (χ0v) is 16.4. The first-order valence-electron chi connectivity index (χ1n) is 9.15. The summed E-state index contributed by atoms with van der Waals surface area (Å²) in [4.78, 5) is 28.8. The van der Waals surface area contributed by atoms with Gasteiger partial charge in [0.1, 0.15) is 0 Å². The maximum absolute atomic E-state index is 12.7. The topological polar surface area (TPSA) is 52.7 Å². The van der Waals surface area contributed by atoms with E-state index in [1.165, 1.54) is 0 Å². The number of piperazine rings is 1. The molecular weight excluding hydrogens is 362 g/mol. The van der Waals surface area contributed by atoms with Gasteiger partial charge in [0.05, 0.1) is 0 Å². The number of benzene rings is 2. The van der Waals surface area contributed by atoms with Crippen molar-refractivity contribution in [2.24, 2.45) is 0 Å². The van der Waals surface area contributed by atoms with Crippen LogP contribution in [-0.2, 0) is 0 Å². The molecule has 5 nitrogen and oxygen atoms in total. The molecule has 1 heterocycles. The van der Waals surface area contributed by atoms with E-state index in [-0.39, 0.29) is 17.9 Å². The maximum Gasteiger partial charge on any atom is 0.253 e. The molecule has 27 heavy (non-hydrogen) atoms. The average Bonchev–Trinajstić information content (AvgIpc) is 2.67. The second-order valence-corrected chi connectivity index (χ2v) is 7.40. The highest BCUT2D eigenvalue weighted by atomic mass is 35.5. The molecule has 1 N–H and O–H groups in total. The number of carbonyl (C=O) groups excluding carboxylic acids is 2. The second kappa shape index (κ2) is 8.44. The van der Waals surface area contributed by atoms with Crippen LogP contribution in [0.2, 0.25) is 5.02 Å². The first-order valence-corrected chi connectivity index (χ1v) is 9.52. The maximum atomic E-state index is 12.7. The van der Waals surface area contributed by atoms with Crippen molar-refractivity contribution in [3.05, 3.63) is 64.7 Å². The third-order valence-electron chi connectivity index (χ3n) is 4.55. The van der Waals surface area contributed by atoms with Crippen LogP contribution in [0.5, 0.6) is 0 Å². The molecule has 2 aromatic carbocycles. The summed E-state index contributed by atoms with van der Waals surface area (Å²) in [5, 5.41) is 3.56. The van der Waals surface area contributed by atoms with Gasteiger partial charge in [0.2, 0.25) is 0 Å². The molecule has 0 radical (unpaired) electrons. The molecule has 0 unspecified atom stereocenters. The minimum atomic E-state index is -0.126. The van der Waals surface area contributed by atoms with Crippen molar-refractivity contribution >= 4 is 29.1 Å². The third kappa shape index (κ3) is 4.80. The zero-order chi connectivity index (χ0) is 19.4. The molecule has 3 rings (SSSR count). The molecule has 1 fully saturated rings. The quantitative estimate of drug-likeness (QED) is 0.877. The molecule has 0 atom stereocenters. The Morgan fingerprint density at radius 3 is 2.19 bits per heavy atom. The van der Waals surface area contributed by atoms with Crippen molar-refractivity contribution in [2.75, 3.05) is 31.1 Å². The summed E-state index contributed by atoms with van der Waals surface area (Å²) in [6, 6.07) is 14.7. The number of rotatable bonds is 4. The molecule has 2 amide bonds. The van der Waals surface area contributed by atoms with Gasteiger partial charge in [0.25, 0.3) is 11.8 Å². The van der Waals surface area contributed by atoms with Gasteiger partial charge >= 0.3 is 0 Å². The Morgan fingerprint density at radius 2 is 1.59 bits per heavy atom. The van der Waals surface area contributed by atoms with Crippen molar-refractivity contribution < 1.29 is 9.59 Å². The van der Waals surface area contributed by atoms with Gasteiger partial charge in [-0.1, -0.05) is 17.7 Å². The van der Waals surface area contributed by atoms with E-state index in [2.05, 4.69) is 10.2 Å². The van der Waals surface area contributed by atoms with E-state index < -0.39 is 0 Å². The largest absolute Gasteiger partial charge is 0.368 e. The smallest absolute Gasteiger partial charge is 0.253 e. The Hall–Kier alpha value is -2.53. The zero-order valence-electron chi connectivity index (χ0n) is 15.6. The number of amides is 2. The Labute approximate surface area is 164 Å². The van der Waals surface area contributed by atoms with E-state index in [0.29, 0.717) is 29.2 Å². The lowest BCUT2D eigenvalue weighted by molar-refractivity contribution is 0.0746. The Bertz CT molecular complexity index is 812. The monoisotopic (exact) mass is 385 g/mol. The predicted octanol–water partition coefficient (Wildman–Crippen LogP) is 3.44. The standard InChI is InChI=1S/C21H24ClN3O2/c1-15(2)23-20(26)16-6-8-17(9-7-16)21(27)25-12-10-24(11-13-25)19-5-3-4-18(22)14-19/h3-9,14-15H,10-13H2,1-2H3,(H,23,26). The molecule has 0 spiro atoms. The van der Waals surface area contributed by atoms with Crippen LogP contribution in [0.25, 0.3) is 0 Å². The summed E-state index contributed by atoms with van der Waals surface area (Å²) in [5.41, 5.74) is 2.24. The number of hydrogen-bond donors (Lipinski definition) is 1. The molecule has 1 aliphatic rings. The SMILES string of the molecule is CC(C)NC(=O)c1ccc(C(=O)N2CCN(c3cccc(Cl)c3)CC2)cc1. The first-order chi connectivity index (χ1) is 12.9. The number of carbonyl (C=O) groups is 2. The van der Waals surface area contributed by atoms with E-state index in [0.717, 1.165) is 18.8 Å². The fourth-order valence-corrected chi connectivity index (χ4v) is 3.32. The number of anilines is 1. The van der Waals surface area contributed by atoms with Crippen LogP contribution in [0, 0.1) is 0 Å². The van der Waals surface area contributed by atoms with Crippen LogP contribution in [0.15, 0.2) is 48.5 Å². The molecule has 0 aliphatic carbocycles. The van der Waals surface area contributed by atoms with Crippen LogP contribution in [0.1, 0.15) is 34.6 Å².